The van der Waals surface area contributed by atoms with Crippen LogP contribution in [0.25, 0.3) is 22.3 Å². The van der Waals surface area contributed by atoms with E-state index >= 15 is 0 Å². The van der Waals surface area contributed by atoms with E-state index in [9.17, 15) is 4.79 Å². The maximum atomic E-state index is 11.8. The Kier molecular flexibility index (Phi) is 7.03. The highest BCUT2D eigenvalue weighted by Crippen LogP contribution is 2.30. The molecule has 3 aromatic heterocycles. The maximum Gasteiger partial charge on any atom is 0.228 e. The molecule has 192 valence electrons. The molecule has 4 aromatic rings. The molecule has 1 amide bonds. The Morgan fingerprint density at radius 1 is 1.00 bits per heavy atom. The van der Waals surface area contributed by atoms with E-state index in [0.717, 1.165) is 40.1 Å². The third-order valence-corrected chi connectivity index (χ3v) is 7.16. The molecule has 0 radical (unpaired) electrons. The van der Waals surface area contributed by atoms with Crippen molar-refractivity contribution in [2.24, 2.45) is 0 Å². The van der Waals surface area contributed by atoms with Crippen molar-refractivity contribution in [1.29, 1.82) is 0 Å². The molecule has 2 atom stereocenters. The van der Waals surface area contributed by atoms with E-state index in [4.69, 9.17) is 15.0 Å². The van der Waals surface area contributed by atoms with Gasteiger partial charge in [-0.05, 0) is 31.9 Å². The summed E-state index contributed by atoms with van der Waals surface area (Å²) in [6.07, 6.45) is 4.70. The van der Waals surface area contributed by atoms with Crippen molar-refractivity contribution in [3.63, 3.8) is 0 Å². The van der Waals surface area contributed by atoms with E-state index in [1.54, 1.807) is 6.92 Å². The summed E-state index contributed by atoms with van der Waals surface area (Å²) in [4.78, 5) is 30.3. The molecule has 0 spiro atoms. The fraction of sp³-hybridized carbons (Fsp3) is 0.393. The molecule has 1 aliphatic heterocycles. The molecule has 4 heterocycles. The highest BCUT2D eigenvalue weighted by molar-refractivity contribution is 5.87. The Labute approximate surface area is 217 Å². The Morgan fingerprint density at radius 3 is 2.41 bits per heavy atom. The molecule has 1 fully saturated rings. The summed E-state index contributed by atoms with van der Waals surface area (Å²) >= 11 is 0. The Balaban J connectivity index is 1.45. The van der Waals surface area contributed by atoms with Crippen molar-refractivity contribution in [1.82, 2.24) is 29.6 Å². The van der Waals surface area contributed by atoms with E-state index in [1.807, 2.05) is 40.2 Å². The number of carbonyl (C=O) groups excluding carboxylic acids is 1. The van der Waals surface area contributed by atoms with Crippen LogP contribution in [0.4, 0.5) is 11.8 Å². The summed E-state index contributed by atoms with van der Waals surface area (Å²) in [5, 5.41) is 8.29. The number of carbonyl (C=O) groups is 1. The molecular formula is C28H34N8O. The molecule has 9 heteroatoms. The van der Waals surface area contributed by atoms with Crippen molar-refractivity contribution in [2.75, 3.05) is 36.4 Å². The van der Waals surface area contributed by atoms with E-state index in [-0.39, 0.29) is 18.0 Å². The Bertz CT molecular complexity index is 1360. The maximum absolute atomic E-state index is 11.8. The number of benzene rings is 1. The van der Waals surface area contributed by atoms with Crippen LogP contribution in [-0.2, 0) is 4.79 Å². The van der Waals surface area contributed by atoms with Crippen LogP contribution >= 0.6 is 0 Å². The number of hydrogen-bond acceptors (Lipinski definition) is 7. The lowest BCUT2D eigenvalue weighted by Gasteiger charge is -2.34. The van der Waals surface area contributed by atoms with Gasteiger partial charge in [0.15, 0.2) is 5.82 Å². The minimum absolute atomic E-state index is 0.0295. The minimum Gasteiger partial charge on any atom is -0.362 e. The lowest BCUT2D eigenvalue weighted by atomic mass is 10.1. The lowest BCUT2D eigenvalue weighted by molar-refractivity contribution is -0.129. The molecule has 9 nitrogen and oxygen atoms in total. The van der Waals surface area contributed by atoms with Gasteiger partial charge in [-0.3, -0.25) is 14.5 Å². The van der Waals surface area contributed by atoms with Crippen LogP contribution < -0.4 is 10.2 Å². The standard InChI is InChI=1S/C28H34N8O/c1-5-19(2)36-26-25(18-30-36)32-28(35-15-13-34(14-16-35)21(4)37)33-27(26)31-20(3)23-11-12-24(29-17-23)22-9-7-6-8-10-22/h6-12,17-20H,5,13-16H2,1-4H3,(H,31,32,33). The lowest BCUT2D eigenvalue weighted by Crippen LogP contribution is -2.48. The monoisotopic (exact) mass is 498 g/mol. The van der Waals surface area contributed by atoms with Crippen molar-refractivity contribution in [2.45, 2.75) is 46.2 Å². The first-order valence-corrected chi connectivity index (χ1v) is 13.0. The predicted octanol–water partition coefficient (Wildman–Crippen LogP) is 4.70. The Morgan fingerprint density at radius 2 is 1.76 bits per heavy atom. The number of rotatable bonds is 7. The highest BCUT2D eigenvalue weighted by atomic mass is 16.2. The second-order valence-electron chi connectivity index (χ2n) is 9.65. The number of piperazine rings is 1. The molecule has 2 unspecified atom stereocenters. The van der Waals surface area contributed by atoms with Gasteiger partial charge < -0.3 is 15.1 Å². The summed E-state index contributed by atoms with van der Waals surface area (Å²) in [5.41, 5.74) is 4.83. The summed E-state index contributed by atoms with van der Waals surface area (Å²) in [6.45, 7) is 10.8. The quantitative estimate of drug-likeness (QED) is 0.395. The number of amides is 1. The van der Waals surface area contributed by atoms with Gasteiger partial charge in [0.2, 0.25) is 11.9 Å². The van der Waals surface area contributed by atoms with Crippen molar-refractivity contribution >= 4 is 28.7 Å². The third-order valence-electron chi connectivity index (χ3n) is 7.16. The first kappa shape index (κ1) is 24.7. The first-order chi connectivity index (χ1) is 17.9. The number of fused-ring (bicyclic) bond motifs is 1. The highest BCUT2D eigenvalue weighted by Gasteiger charge is 2.24. The van der Waals surface area contributed by atoms with Crippen LogP contribution in [0.2, 0.25) is 0 Å². The fourth-order valence-electron chi connectivity index (χ4n) is 4.65. The number of nitrogens with one attached hydrogen (secondary N) is 1. The summed E-state index contributed by atoms with van der Waals surface area (Å²) in [7, 11) is 0. The van der Waals surface area contributed by atoms with Gasteiger partial charge in [0.1, 0.15) is 11.0 Å². The van der Waals surface area contributed by atoms with Crippen molar-refractivity contribution in [3.8, 4) is 11.3 Å². The van der Waals surface area contributed by atoms with E-state index in [2.05, 4.69) is 60.4 Å². The van der Waals surface area contributed by atoms with Gasteiger partial charge >= 0.3 is 0 Å². The largest absolute Gasteiger partial charge is 0.362 e. The molecule has 1 aromatic carbocycles. The second-order valence-corrected chi connectivity index (χ2v) is 9.65. The predicted molar refractivity (Wildman–Crippen MR) is 147 cm³/mol. The summed E-state index contributed by atoms with van der Waals surface area (Å²) in [5.74, 6) is 1.52. The van der Waals surface area contributed by atoms with Crippen LogP contribution in [0.3, 0.4) is 0 Å². The third kappa shape index (κ3) is 5.12. The van der Waals surface area contributed by atoms with Gasteiger partial charge in [0.25, 0.3) is 0 Å². The Hall–Kier alpha value is -4.01. The molecule has 0 bridgehead atoms. The fourth-order valence-corrected chi connectivity index (χ4v) is 4.65. The molecule has 1 aliphatic rings. The average Bonchev–Trinajstić information content (AvgIpc) is 3.38. The molecule has 0 aliphatic carbocycles. The smallest absolute Gasteiger partial charge is 0.228 e. The molecule has 0 saturated carbocycles. The van der Waals surface area contributed by atoms with Crippen molar-refractivity contribution < 1.29 is 4.79 Å². The van der Waals surface area contributed by atoms with Crippen molar-refractivity contribution in [3.05, 3.63) is 60.4 Å². The van der Waals surface area contributed by atoms with Crippen LogP contribution in [-0.4, -0.2) is 61.7 Å². The number of pyridine rings is 1. The van der Waals surface area contributed by atoms with Crippen LogP contribution in [0, 0.1) is 0 Å². The van der Waals surface area contributed by atoms with Gasteiger partial charge in [-0.1, -0.05) is 43.3 Å². The van der Waals surface area contributed by atoms with Gasteiger partial charge in [0.05, 0.1) is 17.9 Å². The van der Waals surface area contributed by atoms with Crippen LogP contribution in [0.5, 0.6) is 0 Å². The molecule has 5 rings (SSSR count). The normalized spacial score (nSPS) is 15.6. The van der Waals surface area contributed by atoms with Crippen LogP contribution in [0.15, 0.2) is 54.9 Å². The van der Waals surface area contributed by atoms with E-state index < -0.39 is 0 Å². The van der Waals surface area contributed by atoms with E-state index in [0.29, 0.717) is 32.1 Å². The molecule has 1 saturated heterocycles. The number of nitrogens with zero attached hydrogens (tertiary/aromatic N) is 7. The molecular weight excluding hydrogens is 464 g/mol. The molecule has 1 N–H and O–H groups in total. The number of anilines is 2. The van der Waals surface area contributed by atoms with Gasteiger partial charge in [-0.15, -0.1) is 0 Å². The minimum atomic E-state index is -0.0295. The van der Waals surface area contributed by atoms with Gasteiger partial charge in [-0.25, -0.2) is 4.98 Å². The van der Waals surface area contributed by atoms with Gasteiger partial charge in [0, 0.05) is 50.9 Å². The zero-order chi connectivity index (χ0) is 25.9. The topological polar surface area (TPSA) is 92.1 Å². The number of aromatic nitrogens is 5. The zero-order valence-electron chi connectivity index (χ0n) is 21.9. The SMILES string of the molecule is CCC(C)n1ncc2nc(N3CCN(C(C)=O)CC3)nc(NC(C)c3ccc(-c4ccccc4)nc3)c21. The summed E-state index contributed by atoms with van der Waals surface area (Å²) in [6, 6.07) is 14.5. The summed E-state index contributed by atoms with van der Waals surface area (Å²) < 4.78 is 2.01. The first-order valence-electron chi connectivity index (χ1n) is 13.0. The van der Waals surface area contributed by atoms with Gasteiger partial charge in [-0.2, -0.15) is 10.1 Å². The average molecular weight is 499 g/mol. The molecule has 37 heavy (non-hydrogen) atoms. The van der Waals surface area contributed by atoms with Crippen LogP contribution in [0.1, 0.15) is 51.8 Å². The number of hydrogen-bond donors (Lipinski definition) is 1. The van der Waals surface area contributed by atoms with E-state index in [1.165, 1.54) is 0 Å². The second kappa shape index (κ2) is 10.5. The zero-order valence-corrected chi connectivity index (χ0v) is 21.9.